The van der Waals surface area contributed by atoms with E-state index in [1.807, 2.05) is 49.6 Å². The smallest absolute Gasteiger partial charge is 0.251 e. The summed E-state index contributed by atoms with van der Waals surface area (Å²) < 4.78 is 0. The number of aryl methyl sites for hydroxylation is 2. The maximum absolute atomic E-state index is 12.3. The topological polar surface area (TPSA) is 104 Å². The normalized spacial score (nSPS) is 10.6. The van der Waals surface area contributed by atoms with Crippen LogP contribution in [0, 0.1) is 13.8 Å². The SMILES string of the molecule is Cc1ccc(C)c(NC(=O)CSc2nc(CC(=O)NCc3cccs3)cc(=O)[nH]2)c1. The molecule has 1 aromatic carbocycles. The summed E-state index contributed by atoms with van der Waals surface area (Å²) in [4.78, 5) is 44.3. The molecule has 0 atom stereocenters. The molecule has 3 aromatic rings. The number of carbonyl (C=O) groups excluding carboxylic acids is 2. The van der Waals surface area contributed by atoms with Crippen LogP contribution in [0.4, 0.5) is 5.69 Å². The molecular formula is C21H22N4O3S2. The number of anilines is 1. The summed E-state index contributed by atoms with van der Waals surface area (Å²) in [5.74, 6) is -0.329. The molecule has 0 saturated carbocycles. The van der Waals surface area contributed by atoms with Crippen molar-refractivity contribution in [3.8, 4) is 0 Å². The predicted octanol–water partition coefficient (Wildman–Crippen LogP) is 3.04. The van der Waals surface area contributed by atoms with E-state index in [0.717, 1.165) is 33.5 Å². The number of aromatic amines is 1. The molecule has 2 amide bonds. The second-order valence-corrected chi connectivity index (χ2v) is 8.73. The molecule has 0 unspecified atom stereocenters. The van der Waals surface area contributed by atoms with Crippen LogP contribution in [0.1, 0.15) is 21.7 Å². The van der Waals surface area contributed by atoms with Crippen molar-refractivity contribution >= 4 is 40.6 Å². The lowest BCUT2D eigenvalue weighted by Gasteiger charge is -2.09. The van der Waals surface area contributed by atoms with Gasteiger partial charge in [-0.05, 0) is 42.5 Å². The minimum Gasteiger partial charge on any atom is -0.351 e. The maximum Gasteiger partial charge on any atom is 0.251 e. The van der Waals surface area contributed by atoms with Crippen molar-refractivity contribution in [2.24, 2.45) is 0 Å². The number of hydrogen-bond donors (Lipinski definition) is 3. The quantitative estimate of drug-likeness (QED) is 0.367. The van der Waals surface area contributed by atoms with Gasteiger partial charge in [0.15, 0.2) is 5.16 Å². The van der Waals surface area contributed by atoms with E-state index in [0.29, 0.717) is 17.4 Å². The van der Waals surface area contributed by atoms with Crippen LogP contribution in [0.25, 0.3) is 0 Å². The van der Waals surface area contributed by atoms with Gasteiger partial charge in [-0.2, -0.15) is 0 Å². The molecule has 0 aliphatic heterocycles. The highest BCUT2D eigenvalue weighted by Gasteiger charge is 2.11. The van der Waals surface area contributed by atoms with Gasteiger partial charge in [-0.15, -0.1) is 11.3 Å². The molecule has 30 heavy (non-hydrogen) atoms. The van der Waals surface area contributed by atoms with E-state index in [4.69, 9.17) is 0 Å². The summed E-state index contributed by atoms with van der Waals surface area (Å²) in [7, 11) is 0. The second kappa shape index (κ2) is 10.2. The fraction of sp³-hybridized carbons (Fsp3) is 0.238. The summed E-state index contributed by atoms with van der Waals surface area (Å²) in [5, 5.41) is 7.93. The van der Waals surface area contributed by atoms with Gasteiger partial charge in [0.05, 0.1) is 24.4 Å². The second-order valence-electron chi connectivity index (χ2n) is 6.73. The zero-order chi connectivity index (χ0) is 21.5. The molecule has 2 aromatic heterocycles. The highest BCUT2D eigenvalue weighted by molar-refractivity contribution is 7.99. The minimum atomic E-state index is -0.358. The van der Waals surface area contributed by atoms with E-state index in [1.165, 1.54) is 6.07 Å². The Balaban J connectivity index is 1.55. The molecule has 0 spiro atoms. The number of benzene rings is 1. The number of nitrogens with zero attached hydrogens (tertiary/aromatic N) is 1. The third-order valence-corrected chi connectivity index (χ3v) is 5.91. The third kappa shape index (κ3) is 6.57. The van der Waals surface area contributed by atoms with Gasteiger partial charge in [0.1, 0.15) is 0 Å². The Kier molecular flexibility index (Phi) is 7.42. The molecule has 0 aliphatic carbocycles. The van der Waals surface area contributed by atoms with Crippen molar-refractivity contribution in [3.05, 3.63) is 73.8 Å². The van der Waals surface area contributed by atoms with E-state index in [2.05, 4.69) is 20.6 Å². The van der Waals surface area contributed by atoms with Crippen LogP contribution >= 0.6 is 23.1 Å². The third-order valence-electron chi connectivity index (χ3n) is 4.16. The first kappa shape index (κ1) is 21.8. The molecule has 2 heterocycles. The number of amides is 2. The van der Waals surface area contributed by atoms with Gasteiger partial charge in [0.25, 0.3) is 5.56 Å². The lowest BCUT2D eigenvalue weighted by atomic mass is 10.1. The van der Waals surface area contributed by atoms with Gasteiger partial charge in [0, 0.05) is 16.6 Å². The van der Waals surface area contributed by atoms with Crippen molar-refractivity contribution in [3.63, 3.8) is 0 Å². The van der Waals surface area contributed by atoms with Crippen LogP contribution in [0.5, 0.6) is 0 Å². The molecule has 0 radical (unpaired) electrons. The largest absolute Gasteiger partial charge is 0.351 e. The van der Waals surface area contributed by atoms with Crippen LogP contribution in [0.15, 0.2) is 51.7 Å². The van der Waals surface area contributed by atoms with Crippen molar-refractivity contribution in [2.45, 2.75) is 32.0 Å². The summed E-state index contributed by atoms with van der Waals surface area (Å²) in [6.45, 7) is 4.33. The summed E-state index contributed by atoms with van der Waals surface area (Å²) in [5.41, 5.74) is 2.79. The van der Waals surface area contributed by atoms with Gasteiger partial charge < -0.3 is 15.6 Å². The molecular weight excluding hydrogens is 420 g/mol. The summed E-state index contributed by atoms with van der Waals surface area (Å²) >= 11 is 2.68. The average molecular weight is 443 g/mol. The number of carbonyl (C=O) groups is 2. The standard InChI is InChI=1S/C21H22N4O3S2/c1-13-5-6-14(2)17(8-13)24-20(28)12-30-21-23-15(10-19(27)25-21)9-18(26)22-11-16-4-3-7-29-16/h3-8,10H,9,11-12H2,1-2H3,(H,22,26)(H,24,28)(H,23,25,27). The number of hydrogen-bond acceptors (Lipinski definition) is 6. The molecule has 0 bridgehead atoms. The number of thiophene rings is 1. The van der Waals surface area contributed by atoms with Gasteiger partial charge in [-0.3, -0.25) is 14.4 Å². The molecule has 0 aliphatic rings. The lowest BCUT2D eigenvalue weighted by molar-refractivity contribution is -0.120. The van der Waals surface area contributed by atoms with Crippen molar-refractivity contribution in [1.29, 1.82) is 0 Å². The van der Waals surface area contributed by atoms with Crippen molar-refractivity contribution < 1.29 is 9.59 Å². The number of H-pyrrole nitrogens is 1. The zero-order valence-electron chi connectivity index (χ0n) is 16.7. The molecule has 0 saturated heterocycles. The minimum absolute atomic E-state index is 0.00244. The van der Waals surface area contributed by atoms with Crippen LogP contribution in [0.2, 0.25) is 0 Å². The van der Waals surface area contributed by atoms with E-state index >= 15 is 0 Å². The number of rotatable bonds is 8. The highest BCUT2D eigenvalue weighted by Crippen LogP contribution is 2.18. The van der Waals surface area contributed by atoms with E-state index < -0.39 is 0 Å². The Morgan fingerprint density at radius 3 is 2.77 bits per heavy atom. The van der Waals surface area contributed by atoms with E-state index in [-0.39, 0.29) is 29.5 Å². The fourth-order valence-electron chi connectivity index (χ4n) is 2.66. The Labute approximate surface area is 182 Å². The average Bonchev–Trinajstić information content (AvgIpc) is 3.21. The van der Waals surface area contributed by atoms with Gasteiger partial charge >= 0.3 is 0 Å². The first-order chi connectivity index (χ1) is 14.4. The predicted molar refractivity (Wildman–Crippen MR) is 120 cm³/mol. The summed E-state index contributed by atoms with van der Waals surface area (Å²) in [6, 6.07) is 11.0. The Morgan fingerprint density at radius 1 is 1.17 bits per heavy atom. The Morgan fingerprint density at radius 2 is 2.00 bits per heavy atom. The Hall–Kier alpha value is -2.91. The molecule has 0 fully saturated rings. The lowest BCUT2D eigenvalue weighted by Crippen LogP contribution is -2.25. The van der Waals surface area contributed by atoms with Crippen molar-refractivity contribution in [2.75, 3.05) is 11.1 Å². The molecule has 3 N–H and O–H groups in total. The van der Waals surface area contributed by atoms with E-state index in [1.54, 1.807) is 11.3 Å². The van der Waals surface area contributed by atoms with Crippen molar-refractivity contribution in [1.82, 2.24) is 15.3 Å². The zero-order valence-corrected chi connectivity index (χ0v) is 18.3. The van der Waals surface area contributed by atoms with Crippen LogP contribution in [0.3, 0.4) is 0 Å². The van der Waals surface area contributed by atoms with E-state index in [9.17, 15) is 14.4 Å². The monoisotopic (exact) mass is 442 g/mol. The Bertz CT molecular complexity index is 1090. The molecule has 3 rings (SSSR count). The first-order valence-electron chi connectivity index (χ1n) is 9.28. The number of thioether (sulfide) groups is 1. The van der Waals surface area contributed by atoms with Gasteiger partial charge in [0.2, 0.25) is 11.8 Å². The molecule has 156 valence electrons. The number of aromatic nitrogens is 2. The highest BCUT2D eigenvalue weighted by atomic mass is 32.2. The van der Waals surface area contributed by atoms with Gasteiger partial charge in [-0.25, -0.2) is 4.98 Å². The summed E-state index contributed by atoms with van der Waals surface area (Å²) in [6.07, 6.45) is -0.00244. The van der Waals surface area contributed by atoms with Crippen LogP contribution < -0.4 is 16.2 Å². The first-order valence-corrected chi connectivity index (χ1v) is 11.1. The molecule has 9 heteroatoms. The maximum atomic E-state index is 12.3. The van der Waals surface area contributed by atoms with Crippen LogP contribution in [-0.2, 0) is 22.6 Å². The van der Waals surface area contributed by atoms with Gasteiger partial charge in [-0.1, -0.05) is 30.0 Å². The number of nitrogens with one attached hydrogen (secondary N) is 3. The fourth-order valence-corrected chi connectivity index (χ4v) is 4.00. The molecule has 7 nitrogen and oxygen atoms in total. The van der Waals surface area contributed by atoms with Crippen LogP contribution in [-0.4, -0.2) is 27.5 Å².